The predicted octanol–water partition coefficient (Wildman–Crippen LogP) is 4.53. The van der Waals surface area contributed by atoms with Crippen LogP contribution in [0.25, 0.3) is 0 Å². The van der Waals surface area contributed by atoms with Gasteiger partial charge in [-0.3, -0.25) is 10.3 Å². The van der Waals surface area contributed by atoms with Crippen LogP contribution in [0.2, 0.25) is 0 Å². The average molecular weight is 468 g/mol. The van der Waals surface area contributed by atoms with E-state index >= 15 is 0 Å². The fraction of sp³-hybridized carbons (Fsp3) is 0.519. The summed E-state index contributed by atoms with van der Waals surface area (Å²) in [6.07, 6.45) is 2.46. The number of phenols is 1. The van der Waals surface area contributed by atoms with Gasteiger partial charge < -0.3 is 24.2 Å². The van der Waals surface area contributed by atoms with Gasteiger partial charge in [0.05, 0.1) is 20.8 Å². The van der Waals surface area contributed by atoms with Crippen LogP contribution < -0.4 is 19.5 Å². The number of piperidine rings is 1. The third-order valence-electron chi connectivity index (χ3n) is 6.97. The maximum Gasteiger partial charge on any atom is 0.162 e. The molecule has 1 atom stereocenters. The molecule has 1 unspecified atom stereocenters. The summed E-state index contributed by atoms with van der Waals surface area (Å²) < 4.78 is 16.7. The monoisotopic (exact) mass is 467 g/mol. The van der Waals surface area contributed by atoms with Crippen LogP contribution in [0.4, 0.5) is 0 Å². The number of likely N-dealkylation sites (tertiary alicyclic amines) is 1. The molecule has 4 rings (SSSR count). The highest BCUT2D eigenvalue weighted by atomic mass is 16.5. The molecule has 0 saturated carbocycles. The van der Waals surface area contributed by atoms with Gasteiger partial charge in [0.2, 0.25) is 0 Å². The number of hydrogen-bond acceptors (Lipinski definition) is 7. The number of para-hydroxylation sites is 1. The summed E-state index contributed by atoms with van der Waals surface area (Å²) >= 11 is 0. The molecule has 2 aliphatic heterocycles. The van der Waals surface area contributed by atoms with E-state index in [-0.39, 0.29) is 17.5 Å². The third-order valence-corrected chi connectivity index (χ3v) is 6.97. The number of methoxy groups -OCH3 is 2. The first kappa shape index (κ1) is 24.4. The molecule has 1 fully saturated rings. The van der Waals surface area contributed by atoms with Crippen LogP contribution in [-0.4, -0.2) is 61.3 Å². The van der Waals surface area contributed by atoms with Crippen molar-refractivity contribution in [3.05, 3.63) is 47.5 Å². The molecule has 1 saturated heterocycles. The van der Waals surface area contributed by atoms with Crippen molar-refractivity contribution in [1.29, 1.82) is 0 Å². The Bertz CT molecular complexity index is 1030. The first-order chi connectivity index (χ1) is 16.4. The first-order valence-electron chi connectivity index (χ1n) is 12.2. The molecule has 2 aromatic rings. The molecule has 0 bridgehead atoms. The molecule has 184 valence electrons. The van der Waals surface area contributed by atoms with Crippen molar-refractivity contribution < 1.29 is 19.3 Å². The fourth-order valence-corrected chi connectivity index (χ4v) is 5.05. The second-order valence-electron chi connectivity index (χ2n) is 9.32. The summed E-state index contributed by atoms with van der Waals surface area (Å²) in [6, 6.07) is 12.1. The molecule has 2 aromatic carbocycles. The molecule has 2 heterocycles. The number of nitrogens with one attached hydrogen (secondary N) is 1. The molecule has 7 nitrogen and oxygen atoms in total. The van der Waals surface area contributed by atoms with E-state index in [0.29, 0.717) is 36.3 Å². The Morgan fingerprint density at radius 3 is 2.47 bits per heavy atom. The highest BCUT2D eigenvalue weighted by Gasteiger charge is 2.41. The molecule has 1 spiro atoms. The molecule has 2 N–H and O–H groups in total. The summed E-state index contributed by atoms with van der Waals surface area (Å²) in [5.74, 6) is 2.09. The number of aromatic hydroxyl groups is 1. The van der Waals surface area contributed by atoms with Gasteiger partial charge in [0.1, 0.15) is 5.66 Å². The maximum absolute atomic E-state index is 11.0. The number of nitrogens with zero attached hydrogens (tertiary/aromatic N) is 2. The lowest BCUT2D eigenvalue weighted by Crippen LogP contribution is -2.56. The third kappa shape index (κ3) is 4.86. The standard InChI is InChI=1S/C27H37N3O4/c1-6-34-24-9-7-8-20(26(24)31)22-17-21(19-10-11-23(32-4)25(16-19)33-5)28-27(29-22)12-14-30(15-13-27)18(2)3/h7-11,16,18,22,29,31H,6,12-15,17H2,1-5H3. The summed E-state index contributed by atoms with van der Waals surface area (Å²) in [7, 11) is 3.29. The van der Waals surface area contributed by atoms with E-state index in [1.54, 1.807) is 14.2 Å². The number of phenolic OH excluding ortho intramolecular Hbond substituents is 1. The molecule has 0 aromatic heterocycles. The van der Waals surface area contributed by atoms with Gasteiger partial charge in [0, 0.05) is 42.9 Å². The lowest BCUT2D eigenvalue weighted by atomic mass is 9.87. The number of aliphatic imine (C=N–C) groups is 1. The zero-order valence-electron chi connectivity index (χ0n) is 20.9. The highest BCUT2D eigenvalue weighted by Crippen LogP contribution is 2.41. The normalized spacial score (nSPS) is 20.3. The number of hydrogen-bond donors (Lipinski definition) is 2. The van der Waals surface area contributed by atoms with E-state index in [9.17, 15) is 5.11 Å². The molecule has 2 aliphatic rings. The summed E-state index contributed by atoms with van der Waals surface area (Å²) in [4.78, 5) is 7.80. The quantitative estimate of drug-likeness (QED) is 0.623. The largest absolute Gasteiger partial charge is 0.504 e. The van der Waals surface area contributed by atoms with Gasteiger partial charge in [-0.2, -0.15) is 0 Å². The van der Waals surface area contributed by atoms with Gasteiger partial charge in [-0.15, -0.1) is 0 Å². The zero-order valence-corrected chi connectivity index (χ0v) is 20.9. The Morgan fingerprint density at radius 1 is 1.09 bits per heavy atom. The Morgan fingerprint density at radius 2 is 1.82 bits per heavy atom. The van der Waals surface area contributed by atoms with Crippen molar-refractivity contribution in [3.63, 3.8) is 0 Å². The van der Waals surface area contributed by atoms with E-state index in [1.807, 2.05) is 43.3 Å². The lowest BCUT2D eigenvalue weighted by molar-refractivity contribution is 0.103. The van der Waals surface area contributed by atoms with Crippen LogP contribution >= 0.6 is 0 Å². The van der Waals surface area contributed by atoms with Crippen LogP contribution in [0.1, 0.15) is 57.2 Å². The van der Waals surface area contributed by atoms with Gasteiger partial charge in [-0.05, 0) is 63.4 Å². The van der Waals surface area contributed by atoms with Gasteiger partial charge in [-0.25, -0.2) is 0 Å². The predicted molar refractivity (Wildman–Crippen MR) is 135 cm³/mol. The Balaban J connectivity index is 1.73. The van der Waals surface area contributed by atoms with Crippen LogP contribution in [0, 0.1) is 0 Å². The number of rotatable bonds is 7. The Hall–Kier alpha value is -2.77. The van der Waals surface area contributed by atoms with Gasteiger partial charge >= 0.3 is 0 Å². The van der Waals surface area contributed by atoms with Crippen molar-refractivity contribution >= 4 is 5.71 Å². The second kappa shape index (κ2) is 10.2. The smallest absolute Gasteiger partial charge is 0.162 e. The summed E-state index contributed by atoms with van der Waals surface area (Å²) in [5.41, 5.74) is 2.47. The molecule has 7 heteroatoms. The van der Waals surface area contributed by atoms with Gasteiger partial charge in [0.25, 0.3) is 0 Å². The second-order valence-corrected chi connectivity index (χ2v) is 9.32. The van der Waals surface area contributed by atoms with Crippen LogP contribution in [0.5, 0.6) is 23.0 Å². The van der Waals surface area contributed by atoms with E-state index in [4.69, 9.17) is 19.2 Å². The summed E-state index contributed by atoms with van der Waals surface area (Å²) in [5, 5.41) is 14.9. The molecule has 0 aliphatic carbocycles. The molecule has 0 radical (unpaired) electrons. The molecular formula is C27H37N3O4. The Labute approximate surface area is 202 Å². The average Bonchev–Trinajstić information content (AvgIpc) is 2.85. The maximum atomic E-state index is 11.0. The van der Waals surface area contributed by atoms with E-state index in [0.717, 1.165) is 42.8 Å². The van der Waals surface area contributed by atoms with Gasteiger partial charge in [0.15, 0.2) is 23.0 Å². The van der Waals surface area contributed by atoms with Crippen molar-refractivity contribution in [2.75, 3.05) is 33.9 Å². The van der Waals surface area contributed by atoms with Crippen LogP contribution in [0.15, 0.2) is 41.4 Å². The van der Waals surface area contributed by atoms with Crippen molar-refractivity contribution in [2.45, 2.75) is 57.8 Å². The fourth-order valence-electron chi connectivity index (χ4n) is 5.05. The zero-order chi connectivity index (χ0) is 24.3. The van der Waals surface area contributed by atoms with Crippen molar-refractivity contribution in [1.82, 2.24) is 10.2 Å². The highest BCUT2D eigenvalue weighted by molar-refractivity contribution is 6.02. The minimum absolute atomic E-state index is 0.0911. The SMILES string of the molecule is CCOc1cccc(C2CC(c3ccc(OC)c(OC)c3)=NC3(CCN(C(C)C)CC3)N2)c1O. The number of ether oxygens (including phenoxy) is 3. The Kier molecular flexibility index (Phi) is 7.33. The topological polar surface area (TPSA) is 75.5 Å². The van der Waals surface area contributed by atoms with Crippen LogP contribution in [0.3, 0.4) is 0 Å². The molecule has 0 amide bonds. The van der Waals surface area contributed by atoms with Crippen molar-refractivity contribution in [2.24, 2.45) is 4.99 Å². The van der Waals surface area contributed by atoms with E-state index < -0.39 is 0 Å². The molecule has 34 heavy (non-hydrogen) atoms. The first-order valence-corrected chi connectivity index (χ1v) is 12.2. The van der Waals surface area contributed by atoms with E-state index in [2.05, 4.69) is 24.1 Å². The minimum Gasteiger partial charge on any atom is -0.504 e. The van der Waals surface area contributed by atoms with E-state index in [1.165, 1.54) is 0 Å². The van der Waals surface area contributed by atoms with Crippen molar-refractivity contribution in [3.8, 4) is 23.0 Å². The van der Waals surface area contributed by atoms with Crippen LogP contribution in [-0.2, 0) is 0 Å². The number of benzene rings is 2. The summed E-state index contributed by atoms with van der Waals surface area (Å²) in [6.45, 7) is 8.86. The molecular weight excluding hydrogens is 430 g/mol. The minimum atomic E-state index is -0.384. The van der Waals surface area contributed by atoms with Gasteiger partial charge in [-0.1, -0.05) is 12.1 Å². The lowest BCUT2D eigenvalue weighted by Gasteiger charge is -2.46.